The summed E-state index contributed by atoms with van der Waals surface area (Å²) >= 11 is 6.06. The Labute approximate surface area is 144 Å². The fourth-order valence-corrected chi connectivity index (χ4v) is 4.57. The highest BCUT2D eigenvalue weighted by Gasteiger charge is 2.50. The number of hydrogen-bond acceptors (Lipinski definition) is 1. The highest BCUT2D eigenvalue weighted by Crippen LogP contribution is 2.51. The molecule has 23 heavy (non-hydrogen) atoms. The van der Waals surface area contributed by atoms with Crippen molar-refractivity contribution in [1.29, 1.82) is 0 Å². The molecule has 3 aliphatic rings. The number of rotatable bonds is 5. The van der Waals surface area contributed by atoms with Gasteiger partial charge >= 0.3 is 0 Å². The summed E-state index contributed by atoms with van der Waals surface area (Å²) in [5.41, 5.74) is 1.27. The average molecular weight is 332 g/mol. The highest BCUT2D eigenvalue weighted by atomic mass is 35.5. The van der Waals surface area contributed by atoms with Crippen LogP contribution in [-0.4, -0.2) is 16.8 Å². The van der Waals surface area contributed by atoms with E-state index in [4.69, 9.17) is 11.6 Å². The molecule has 2 saturated carbocycles. The Hall–Kier alpha value is -1.02. The van der Waals surface area contributed by atoms with Gasteiger partial charge in [0.05, 0.1) is 6.04 Å². The van der Waals surface area contributed by atoms with Crippen molar-refractivity contribution in [2.75, 3.05) is 0 Å². The third-order valence-corrected chi connectivity index (χ3v) is 6.26. The van der Waals surface area contributed by atoms with E-state index in [1.54, 1.807) is 0 Å². The molecule has 4 rings (SSSR count). The number of halogens is 1. The van der Waals surface area contributed by atoms with Crippen LogP contribution in [0.2, 0.25) is 5.02 Å². The van der Waals surface area contributed by atoms with Crippen molar-refractivity contribution in [3.63, 3.8) is 0 Å². The first-order chi connectivity index (χ1) is 11.2. The van der Waals surface area contributed by atoms with E-state index < -0.39 is 0 Å². The molecule has 2 atom stereocenters. The van der Waals surface area contributed by atoms with Gasteiger partial charge in [0.25, 0.3) is 0 Å². The minimum Gasteiger partial charge on any atom is -0.332 e. The molecule has 0 aromatic heterocycles. The Balaban J connectivity index is 1.67. The van der Waals surface area contributed by atoms with Gasteiger partial charge in [0, 0.05) is 17.0 Å². The lowest BCUT2D eigenvalue weighted by atomic mass is 9.84. The average Bonchev–Trinajstić information content (AvgIpc) is 3.45. The molecule has 0 bridgehead atoms. The summed E-state index contributed by atoms with van der Waals surface area (Å²) in [4.78, 5) is 15.5. The minimum atomic E-state index is 0.235. The van der Waals surface area contributed by atoms with Crippen LogP contribution in [0.25, 0.3) is 0 Å². The molecule has 2 nitrogen and oxygen atoms in total. The van der Waals surface area contributed by atoms with Gasteiger partial charge in [0.15, 0.2) is 0 Å². The topological polar surface area (TPSA) is 20.3 Å². The number of likely N-dealkylation sites (tertiary alicyclic amines) is 1. The summed E-state index contributed by atoms with van der Waals surface area (Å²) in [6, 6.07) is 8.93. The quantitative estimate of drug-likeness (QED) is 0.724. The molecule has 0 radical (unpaired) electrons. The standard InChI is InChI=1S/C20H26ClNO/c1-2-13-9-12-18(14-7-10-17(21)11-8-14)22(20(13)23)19(15-3-4-15)16-5-6-16/h7-8,10-11,13,15-16,18-19H,2-6,9,12H2,1H3/t13-,18-/m0/s1. The van der Waals surface area contributed by atoms with E-state index in [1.807, 2.05) is 12.1 Å². The van der Waals surface area contributed by atoms with Crippen LogP contribution in [0.4, 0.5) is 0 Å². The third kappa shape index (κ3) is 3.03. The highest BCUT2D eigenvalue weighted by molar-refractivity contribution is 6.30. The van der Waals surface area contributed by atoms with Gasteiger partial charge in [-0.2, -0.15) is 0 Å². The van der Waals surface area contributed by atoms with Gasteiger partial charge in [-0.05, 0) is 74.5 Å². The van der Waals surface area contributed by atoms with Crippen molar-refractivity contribution >= 4 is 17.5 Å². The number of nitrogens with zero attached hydrogens (tertiary/aromatic N) is 1. The predicted octanol–water partition coefficient (Wildman–Crippen LogP) is 5.22. The fraction of sp³-hybridized carbons (Fsp3) is 0.650. The fourth-order valence-electron chi connectivity index (χ4n) is 4.45. The molecule has 124 valence electrons. The van der Waals surface area contributed by atoms with Crippen LogP contribution < -0.4 is 0 Å². The first-order valence-electron chi connectivity index (χ1n) is 9.26. The van der Waals surface area contributed by atoms with Crippen LogP contribution in [0.15, 0.2) is 24.3 Å². The van der Waals surface area contributed by atoms with Crippen LogP contribution in [0, 0.1) is 17.8 Å². The molecule has 0 spiro atoms. The summed E-state index contributed by atoms with van der Waals surface area (Å²) in [7, 11) is 0. The molecule has 0 N–H and O–H groups in total. The minimum absolute atomic E-state index is 0.235. The molecule has 1 amide bonds. The maximum absolute atomic E-state index is 13.2. The lowest BCUT2D eigenvalue weighted by Gasteiger charge is -2.45. The van der Waals surface area contributed by atoms with Crippen LogP contribution >= 0.6 is 11.6 Å². The monoisotopic (exact) mass is 331 g/mol. The normalized spacial score (nSPS) is 28.5. The van der Waals surface area contributed by atoms with Gasteiger partial charge in [-0.1, -0.05) is 30.7 Å². The Kier molecular flexibility index (Phi) is 4.13. The molecule has 3 fully saturated rings. The molecular weight excluding hydrogens is 306 g/mol. The second-order valence-corrected chi connectivity index (χ2v) is 8.10. The van der Waals surface area contributed by atoms with E-state index in [-0.39, 0.29) is 12.0 Å². The molecule has 2 aliphatic carbocycles. The Morgan fingerprint density at radius 2 is 1.65 bits per heavy atom. The van der Waals surface area contributed by atoms with Crippen molar-refractivity contribution in [1.82, 2.24) is 4.90 Å². The second-order valence-electron chi connectivity index (χ2n) is 7.66. The van der Waals surface area contributed by atoms with E-state index in [0.29, 0.717) is 11.9 Å². The first-order valence-corrected chi connectivity index (χ1v) is 9.64. The molecule has 1 heterocycles. The third-order valence-electron chi connectivity index (χ3n) is 6.01. The zero-order chi connectivity index (χ0) is 16.0. The molecule has 3 heteroatoms. The van der Waals surface area contributed by atoms with Gasteiger partial charge in [-0.25, -0.2) is 0 Å². The number of benzene rings is 1. The Morgan fingerprint density at radius 3 is 2.17 bits per heavy atom. The summed E-state index contributed by atoms with van der Waals surface area (Å²) in [5, 5.41) is 0.773. The van der Waals surface area contributed by atoms with E-state index in [9.17, 15) is 4.79 Å². The van der Waals surface area contributed by atoms with Gasteiger partial charge in [-0.3, -0.25) is 4.79 Å². The smallest absolute Gasteiger partial charge is 0.226 e. The van der Waals surface area contributed by atoms with Crippen LogP contribution in [0.3, 0.4) is 0 Å². The molecule has 1 aromatic carbocycles. The zero-order valence-corrected chi connectivity index (χ0v) is 14.6. The summed E-state index contributed by atoms with van der Waals surface area (Å²) in [6.07, 6.45) is 8.36. The summed E-state index contributed by atoms with van der Waals surface area (Å²) in [6.45, 7) is 2.16. The van der Waals surface area contributed by atoms with Crippen molar-refractivity contribution in [3.8, 4) is 0 Å². The van der Waals surface area contributed by atoms with E-state index >= 15 is 0 Å². The number of carbonyl (C=O) groups is 1. The van der Waals surface area contributed by atoms with Crippen LogP contribution in [0.5, 0.6) is 0 Å². The SMILES string of the molecule is CC[C@H]1CC[C@@H](c2ccc(Cl)cc2)N(C(C2CC2)C2CC2)C1=O. The largest absolute Gasteiger partial charge is 0.332 e. The lowest BCUT2D eigenvalue weighted by molar-refractivity contribution is -0.147. The number of piperidine rings is 1. The number of carbonyl (C=O) groups excluding carboxylic acids is 1. The lowest BCUT2D eigenvalue weighted by Crippen LogP contribution is -2.50. The maximum Gasteiger partial charge on any atom is 0.226 e. The maximum atomic E-state index is 13.2. The molecule has 0 unspecified atom stereocenters. The van der Waals surface area contributed by atoms with Crippen molar-refractivity contribution in [2.45, 2.75) is 64.0 Å². The summed E-state index contributed by atoms with van der Waals surface area (Å²) in [5.74, 6) is 2.18. The molecule has 1 saturated heterocycles. The van der Waals surface area contributed by atoms with Crippen molar-refractivity contribution < 1.29 is 4.79 Å². The van der Waals surface area contributed by atoms with Gasteiger partial charge in [-0.15, -0.1) is 0 Å². The molecular formula is C20H26ClNO. The van der Waals surface area contributed by atoms with Crippen LogP contribution in [-0.2, 0) is 4.79 Å². The molecule has 1 aliphatic heterocycles. The number of hydrogen-bond donors (Lipinski definition) is 0. The van der Waals surface area contributed by atoms with E-state index in [2.05, 4.69) is 24.0 Å². The van der Waals surface area contributed by atoms with Crippen molar-refractivity contribution in [2.24, 2.45) is 17.8 Å². The number of amides is 1. The zero-order valence-electron chi connectivity index (χ0n) is 13.9. The van der Waals surface area contributed by atoms with Crippen LogP contribution in [0.1, 0.15) is 63.5 Å². The van der Waals surface area contributed by atoms with Crippen molar-refractivity contribution in [3.05, 3.63) is 34.9 Å². The Bertz CT molecular complexity index is 564. The Morgan fingerprint density at radius 1 is 1.04 bits per heavy atom. The second kappa shape index (κ2) is 6.12. The van der Waals surface area contributed by atoms with Gasteiger partial charge < -0.3 is 4.90 Å². The molecule has 1 aromatic rings. The first kappa shape index (κ1) is 15.5. The van der Waals surface area contributed by atoms with E-state index in [0.717, 1.165) is 36.1 Å². The predicted molar refractivity (Wildman–Crippen MR) is 93.3 cm³/mol. The summed E-state index contributed by atoms with van der Waals surface area (Å²) < 4.78 is 0. The van der Waals surface area contributed by atoms with Gasteiger partial charge in [0.2, 0.25) is 5.91 Å². The van der Waals surface area contributed by atoms with E-state index in [1.165, 1.54) is 31.2 Å². The van der Waals surface area contributed by atoms with Gasteiger partial charge in [0.1, 0.15) is 0 Å².